The first-order valence-corrected chi connectivity index (χ1v) is 7.86. The normalized spacial score (nSPS) is 28.1. The molecule has 3 atom stereocenters. The molecule has 21 heavy (non-hydrogen) atoms. The van der Waals surface area contributed by atoms with Crippen molar-refractivity contribution >= 4 is 0 Å². The predicted octanol–water partition coefficient (Wildman–Crippen LogP) is 3.34. The van der Waals surface area contributed by atoms with Gasteiger partial charge in [-0.15, -0.1) is 0 Å². The van der Waals surface area contributed by atoms with Gasteiger partial charge in [-0.2, -0.15) is 0 Å². The zero-order chi connectivity index (χ0) is 14.2. The van der Waals surface area contributed by atoms with Gasteiger partial charge in [-0.3, -0.25) is 4.90 Å². The molecule has 1 aliphatic carbocycles. The molecule has 1 N–H and O–H groups in total. The van der Waals surface area contributed by atoms with Crippen LogP contribution in [0.5, 0.6) is 0 Å². The fraction of sp³-hybridized carbons (Fsp3) is 0.368. The SMILES string of the molecule is OC1c2ccccc2C2CN(Cc3ccccc3)CCC12. The first-order chi connectivity index (χ1) is 10.3. The zero-order valence-corrected chi connectivity index (χ0v) is 12.2. The van der Waals surface area contributed by atoms with Crippen LogP contribution in [0.2, 0.25) is 0 Å². The van der Waals surface area contributed by atoms with E-state index in [2.05, 4.69) is 53.4 Å². The van der Waals surface area contributed by atoms with Gasteiger partial charge in [0.25, 0.3) is 0 Å². The largest absolute Gasteiger partial charge is 0.388 e. The molecule has 1 saturated heterocycles. The molecule has 0 aromatic heterocycles. The van der Waals surface area contributed by atoms with E-state index in [1.807, 2.05) is 6.07 Å². The summed E-state index contributed by atoms with van der Waals surface area (Å²) in [5, 5.41) is 10.5. The lowest BCUT2D eigenvalue weighted by Gasteiger charge is -2.36. The van der Waals surface area contributed by atoms with Crippen molar-refractivity contribution in [2.24, 2.45) is 5.92 Å². The fourth-order valence-electron chi connectivity index (χ4n) is 4.08. The number of fused-ring (bicyclic) bond motifs is 3. The zero-order valence-electron chi connectivity index (χ0n) is 12.2. The molecule has 4 rings (SSSR count). The van der Waals surface area contributed by atoms with Gasteiger partial charge in [-0.25, -0.2) is 0 Å². The molecule has 3 unspecified atom stereocenters. The van der Waals surface area contributed by atoms with E-state index in [9.17, 15) is 5.11 Å². The van der Waals surface area contributed by atoms with Gasteiger partial charge in [-0.1, -0.05) is 54.6 Å². The van der Waals surface area contributed by atoms with Crippen LogP contribution >= 0.6 is 0 Å². The molecule has 0 bridgehead atoms. The molecule has 1 heterocycles. The summed E-state index contributed by atoms with van der Waals surface area (Å²) in [5.41, 5.74) is 3.91. The summed E-state index contributed by atoms with van der Waals surface area (Å²) >= 11 is 0. The molecular weight excluding hydrogens is 258 g/mol. The number of hydrogen-bond donors (Lipinski definition) is 1. The van der Waals surface area contributed by atoms with Crippen molar-refractivity contribution in [3.05, 3.63) is 71.3 Å². The molecule has 0 spiro atoms. The standard InChI is InChI=1S/C19H21NO/c21-19-16-9-5-4-8-15(16)18-13-20(11-10-17(18)19)12-14-6-2-1-3-7-14/h1-9,17-19,21H,10-13H2. The third kappa shape index (κ3) is 2.29. The maximum Gasteiger partial charge on any atom is 0.0827 e. The van der Waals surface area contributed by atoms with Crippen LogP contribution < -0.4 is 0 Å². The van der Waals surface area contributed by atoms with Crippen LogP contribution in [0.15, 0.2) is 54.6 Å². The molecule has 2 aromatic rings. The number of nitrogens with zero attached hydrogens (tertiary/aromatic N) is 1. The molecule has 0 radical (unpaired) electrons. The van der Waals surface area contributed by atoms with E-state index in [0.717, 1.165) is 31.6 Å². The number of likely N-dealkylation sites (tertiary alicyclic amines) is 1. The Hall–Kier alpha value is -1.64. The molecule has 0 amide bonds. The Morgan fingerprint density at radius 2 is 1.67 bits per heavy atom. The van der Waals surface area contributed by atoms with Crippen molar-refractivity contribution in [3.8, 4) is 0 Å². The maximum atomic E-state index is 10.5. The lowest BCUT2D eigenvalue weighted by atomic mass is 9.85. The topological polar surface area (TPSA) is 23.5 Å². The minimum absolute atomic E-state index is 0.259. The van der Waals surface area contributed by atoms with Crippen LogP contribution in [0.1, 0.15) is 35.1 Å². The smallest absolute Gasteiger partial charge is 0.0827 e. The lowest BCUT2D eigenvalue weighted by Crippen LogP contribution is -2.38. The summed E-state index contributed by atoms with van der Waals surface area (Å²) in [7, 11) is 0. The first-order valence-electron chi connectivity index (χ1n) is 7.86. The van der Waals surface area contributed by atoms with Gasteiger partial charge in [0.15, 0.2) is 0 Å². The number of benzene rings is 2. The summed E-state index contributed by atoms with van der Waals surface area (Å²) in [5.74, 6) is 0.906. The molecule has 108 valence electrons. The highest BCUT2D eigenvalue weighted by atomic mass is 16.3. The number of hydrogen-bond acceptors (Lipinski definition) is 2. The Kier molecular flexibility index (Phi) is 3.28. The van der Waals surface area contributed by atoms with Crippen LogP contribution in [0.25, 0.3) is 0 Å². The molecule has 2 aromatic carbocycles. The highest BCUT2D eigenvalue weighted by molar-refractivity contribution is 5.39. The number of rotatable bonds is 2. The van der Waals surface area contributed by atoms with Crippen LogP contribution in [0, 0.1) is 5.92 Å². The molecule has 1 fully saturated rings. The Morgan fingerprint density at radius 3 is 2.48 bits per heavy atom. The molecular formula is C19H21NO. The van der Waals surface area contributed by atoms with E-state index in [4.69, 9.17) is 0 Å². The highest BCUT2D eigenvalue weighted by Gasteiger charge is 2.42. The average molecular weight is 279 g/mol. The van der Waals surface area contributed by atoms with E-state index in [1.165, 1.54) is 11.1 Å². The molecule has 2 aliphatic rings. The summed E-state index contributed by atoms with van der Waals surface area (Å²) in [6.45, 7) is 3.16. The monoisotopic (exact) mass is 279 g/mol. The van der Waals surface area contributed by atoms with Gasteiger partial charge in [0.1, 0.15) is 0 Å². The second-order valence-electron chi connectivity index (χ2n) is 6.35. The number of piperidine rings is 1. The van der Waals surface area contributed by atoms with E-state index >= 15 is 0 Å². The Morgan fingerprint density at radius 1 is 0.952 bits per heavy atom. The van der Waals surface area contributed by atoms with Gasteiger partial charge in [0.2, 0.25) is 0 Å². The lowest BCUT2D eigenvalue weighted by molar-refractivity contribution is 0.0589. The van der Waals surface area contributed by atoms with E-state index in [-0.39, 0.29) is 6.10 Å². The summed E-state index contributed by atoms with van der Waals surface area (Å²) in [6.07, 6.45) is 0.831. The van der Waals surface area contributed by atoms with E-state index in [0.29, 0.717) is 11.8 Å². The third-order valence-corrected chi connectivity index (χ3v) is 5.12. The van der Waals surface area contributed by atoms with Crippen LogP contribution in [0.4, 0.5) is 0 Å². The Bertz CT molecular complexity index is 624. The van der Waals surface area contributed by atoms with Crippen LogP contribution in [-0.4, -0.2) is 23.1 Å². The maximum absolute atomic E-state index is 10.5. The van der Waals surface area contributed by atoms with Crippen molar-refractivity contribution in [2.75, 3.05) is 13.1 Å². The second kappa shape index (κ2) is 5.28. The number of aliphatic hydroxyl groups is 1. The van der Waals surface area contributed by atoms with Crippen molar-refractivity contribution < 1.29 is 5.11 Å². The van der Waals surface area contributed by atoms with Gasteiger partial charge < -0.3 is 5.11 Å². The average Bonchev–Trinajstić information content (AvgIpc) is 2.82. The van der Waals surface area contributed by atoms with Gasteiger partial charge in [-0.05, 0) is 35.6 Å². The van der Waals surface area contributed by atoms with Crippen molar-refractivity contribution in [2.45, 2.75) is 25.0 Å². The van der Waals surface area contributed by atoms with Crippen molar-refractivity contribution in [1.82, 2.24) is 4.90 Å². The minimum Gasteiger partial charge on any atom is -0.388 e. The van der Waals surface area contributed by atoms with Gasteiger partial charge in [0.05, 0.1) is 6.10 Å². The molecule has 2 nitrogen and oxygen atoms in total. The Labute approximate surface area is 126 Å². The summed E-state index contributed by atoms with van der Waals surface area (Å²) in [6, 6.07) is 19.1. The highest BCUT2D eigenvalue weighted by Crippen LogP contribution is 2.49. The van der Waals surface area contributed by atoms with E-state index in [1.54, 1.807) is 0 Å². The van der Waals surface area contributed by atoms with Crippen LogP contribution in [0.3, 0.4) is 0 Å². The van der Waals surface area contributed by atoms with Gasteiger partial charge >= 0.3 is 0 Å². The quantitative estimate of drug-likeness (QED) is 0.911. The second-order valence-corrected chi connectivity index (χ2v) is 6.35. The molecule has 2 heteroatoms. The predicted molar refractivity (Wildman–Crippen MR) is 84.0 cm³/mol. The molecule has 0 saturated carbocycles. The summed E-state index contributed by atoms with van der Waals surface area (Å²) < 4.78 is 0. The van der Waals surface area contributed by atoms with Crippen molar-refractivity contribution in [3.63, 3.8) is 0 Å². The Balaban J connectivity index is 1.55. The first kappa shape index (κ1) is 13.1. The third-order valence-electron chi connectivity index (χ3n) is 5.12. The number of aliphatic hydroxyl groups excluding tert-OH is 1. The van der Waals surface area contributed by atoms with Gasteiger partial charge in [0, 0.05) is 19.0 Å². The van der Waals surface area contributed by atoms with Crippen molar-refractivity contribution in [1.29, 1.82) is 0 Å². The van der Waals surface area contributed by atoms with E-state index < -0.39 is 0 Å². The van der Waals surface area contributed by atoms with Crippen LogP contribution in [-0.2, 0) is 6.54 Å². The summed E-state index contributed by atoms with van der Waals surface area (Å²) in [4.78, 5) is 2.53. The fourth-order valence-corrected chi connectivity index (χ4v) is 4.08. The minimum atomic E-state index is -0.259. The molecule has 1 aliphatic heterocycles.